The first-order valence-electron chi connectivity index (χ1n) is 6.97. The van der Waals surface area contributed by atoms with E-state index in [2.05, 4.69) is 5.32 Å². The number of aromatic hydroxyl groups is 1. The van der Waals surface area contributed by atoms with E-state index >= 15 is 0 Å². The summed E-state index contributed by atoms with van der Waals surface area (Å²) in [7, 11) is 0. The number of phenolic OH excluding ortho intramolecular Hbond substituents is 1. The highest BCUT2D eigenvalue weighted by molar-refractivity contribution is 5.31. The van der Waals surface area contributed by atoms with E-state index in [1.807, 2.05) is 18.2 Å². The van der Waals surface area contributed by atoms with Crippen LogP contribution in [-0.4, -0.2) is 18.2 Å². The molecule has 1 aliphatic rings. The van der Waals surface area contributed by atoms with Gasteiger partial charge in [0.25, 0.3) is 0 Å². The van der Waals surface area contributed by atoms with Crippen molar-refractivity contribution in [2.75, 3.05) is 13.1 Å². The van der Waals surface area contributed by atoms with Crippen LogP contribution in [0, 0.1) is 11.8 Å². The molecule has 2 rings (SSSR count). The standard InChI is InChI=1S/C15H24N2O/c16-9-12-5-7-13(8-6-12)10-17-11-14-3-1-2-4-15(14)18/h1-4,12-13,17-18H,5-11,16H2. The molecule has 100 valence electrons. The summed E-state index contributed by atoms with van der Waals surface area (Å²) in [5.41, 5.74) is 6.68. The van der Waals surface area contributed by atoms with Crippen molar-refractivity contribution in [2.45, 2.75) is 32.2 Å². The van der Waals surface area contributed by atoms with E-state index < -0.39 is 0 Å². The van der Waals surface area contributed by atoms with Gasteiger partial charge in [0.15, 0.2) is 0 Å². The van der Waals surface area contributed by atoms with Crippen LogP contribution >= 0.6 is 0 Å². The van der Waals surface area contributed by atoms with Gasteiger partial charge in [0.2, 0.25) is 0 Å². The lowest BCUT2D eigenvalue weighted by atomic mass is 9.82. The van der Waals surface area contributed by atoms with Gasteiger partial charge in [-0.1, -0.05) is 18.2 Å². The summed E-state index contributed by atoms with van der Waals surface area (Å²) >= 11 is 0. The van der Waals surface area contributed by atoms with Crippen LogP contribution in [0.5, 0.6) is 5.75 Å². The average Bonchev–Trinajstić information content (AvgIpc) is 2.42. The minimum absolute atomic E-state index is 0.386. The lowest BCUT2D eigenvalue weighted by Gasteiger charge is -2.27. The third-order valence-electron chi connectivity index (χ3n) is 4.04. The number of phenols is 1. The molecule has 3 heteroatoms. The molecule has 0 aliphatic heterocycles. The first-order chi connectivity index (χ1) is 8.79. The molecule has 0 unspecified atom stereocenters. The predicted molar refractivity (Wildman–Crippen MR) is 74.3 cm³/mol. The second-order valence-electron chi connectivity index (χ2n) is 5.38. The first kappa shape index (κ1) is 13.4. The van der Waals surface area contributed by atoms with Crippen molar-refractivity contribution in [1.29, 1.82) is 0 Å². The van der Waals surface area contributed by atoms with Crippen molar-refractivity contribution in [3.8, 4) is 5.75 Å². The van der Waals surface area contributed by atoms with Crippen LogP contribution in [0.15, 0.2) is 24.3 Å². The van der Waals surface area contributed by atoms with Gasteiger partial charge in [0.1, 0.15) is 5.75 Å². The third kappa shape index (κ3) is 3.72. The summed E-state index contributed by atoms with van der Waals surface area (Å²) in [4.78, 5) is 0. The summed E-state index contributed by atoms with van der Waals surface area (Å²) < 4.78 is 0. The van der Waals surface area contributed by atoms with Crippen LogP contribution in [0.2, 0.25) is 0 Å². The lowest BCUT2D eigenvalue weighted by molar-refractivity contribution is 0.272. The summed E-state index contributed by atoms with van der Waals surface area (Å²) in [6, 6.07) is 7.52. The predicted octanol–water partition coefficient (Wildman–Crippen LogP) is 2.25. The molecule has 1 saturated carbocycles. The molecule has 0 bridgehead atoms. The molecule has 0 heterocycles. The van der Waals surface area contributed by atoms with Gasteiger partial charge in [-0.15, -0.1) is 0 Å². The highest BCUT2D eigenvalue weighted by Crippen LogP contribution is 2.27. The Morgan fingerprint density at radius 1 is 1.11 bits per heavy atom. The van der Waals surface area contributed by atoms with Gasteiger partial charge in [0, 0.05) is 12.1 Å². The fourth-order valence-corrected chi connectivity index (χ4v) is 2.74. The molecule has 1 aromatic carbocycles. The zero-order valence-electron chi connectivity index (χ0n) is 10.9. The molecule has 3 nitrogen and oxygen atoms in total. The molecule has 4 N–H and O–H groups in total. The van der Waals surface area contributed by atoms with E-state index in [0.29, 0.717) is 5.75 Å². The average molecular weight is 248 g/mol. The van der Waals surface area contributed by atoms with Gasteiger partial charge in [-0.25, -0.2) is 0 Å². The number of nitrogens with one attached hydrogen (secondary N) is 1. The molecule has 0 amide bonds. The number of rotatable bonds is 5. The monoisotopic (exact) mass is 248 g/mol. The fraction of sp³-hybridized carbons (Fsp3) is 0.600. The third-order valence-corrected chi connectivity index (χ3v) is 4.04. The molecule has 1 aromatic rings. The quantitative estimate of drug-likeness (QED) is 0.749. The number of hydrogen-bond acceptors (Lipinski definition) is 3. The van der Waals surface area contributed by atoms with Crippen molar-refractivity contribution in [3.63, 3.8) is 0 Å². The van der Waals surface area contributed by atoms with Crippen molar-refractivity contribution in [2.24, 2.45) is 17.6 Å². The van der Waals surface area contributed by atoms with Gasteiger partial charge in [0.05, 0.1) is 0 Å². The number of hydrogen-bond donors (Lipinski definition) is 3. The van der Waals surface area contributed by atoms with Gasteiger partial charge < -0.3 is 16.2 Å². The van der Waals surface area contributed by atoms with E-state index in [-0.39, 0.29) is 0 Å². The second-order valence-corrected chi connectivity index (χ2v) is 5.38. The zero-order valence-corrected chi connectivity index (χ0v) is 10.9. The Labute approximate surface area is 109 Å². The largest absolute Gasteiger partial charge is 0.508 e. The number of nitrogens with two attached hydrogens (primary N) is 1. The van der Waals surface area contributed by atoms with E-state index in [4.69, 9.17) is 5.73 Å². The van der Waals surface area contributed by atoms with Crippen molar-refractivity contribution in [1.82, 2.24) is 5.32 Å². The van der Waals surface area contributed by atoms with E-state index in [1.165, 1.54) is 25.7 Å². The molecule has 0 atom stereocenters. The van der Waals surface area contributed by atoms with Gasteiger partial charge in [-0.05, 0) is 56.7 Å². The van der Waals surface area contributed by atoms with E-state index in [0.717, 1.165) is 37.0 Å². The van der Waals surface area contributed by atoms with Gasteiger partial charge in [-0.2, -0.15) is 0 Å². The lowest BCUT2D eigenvalue weighted by Crippen LogP contribution is -2.28. The Morgan fingerprint density at radius 3 is 2.44 bits per heavy atom. The Hall–Kier alpha value is -1.06. The van der Waals surface area contributed by atoms with Crippen LogP contribution in [0.4, 0.5) is 0 Å². The first-order valence-corrected chi connectivity index (χ1v) is 6.97. The molecule has 1 fully saturated rings. The van der Waals surface area contributed by atoms with Crippen LogP contribution in [0.1, 0.15) is 31.2 Å². The Morgan fingerprint density at radius 2 is 1.78 bits per heavy atom. The van der Waals surface area contributed by atoms with Crippen molar-refractivity contribution in [3.05, 3.63) is 29.8 Å². The minimum Gasteiger partial charge on any atom is -0.508 e. The van der Waals surface area contributed by atoms with E-state index in [1.54, 1.807) is 6.07 Å². The smallest absolute Gasteiger partial charge is 0.120 e. The van der Waals surface area contributed by atoms with Crippen LogP contribution < -0.4 is 11.1 Å². The summed E-state index contributed by atoms with van der Waals surface area (Å²) in [6.45, 7) is 2.65. The SMILES string of the molecule is NCC1CCC(CNCc2ccccc2O)CC1. The molecule has 0 aromatic heterocycles. The Bertz CT molecular complexity index is 359. The highest BCUT2D eigenvalue weighted by Gasteiger charge is 2.19. The van der Waals surface area contributed by atoms with Crippen molar-refractivity contribution < 1.29 is 5.11 Å². The molecule has 18 heavy (non-hydrogen) atoms. The fourth-order valence-electron chi connectivity index (χ4n) is 2.74. The topological polar surface area (TPSA) is 58.3 Å². The van der Waals surface area contributed by atoms with E-state index in [9.17, 15) is 5.11 Å². The Kier molecular flexibility index (Phi) is 5.02. The minimum atomic E-state index is 0.386. The summed E-state index contributed by atoms with van der Waals surface area (Å²) in [6.07, 6.45) is 5.13. The van der Waals surface area contributed by atoms with Crippen LogP contribution in [-0.2, 0) is 6.54 Å². The molecule has 0 saturated heterocycles. The number of para-hydroxylation sites is 1. The Balaban J connectivity index is 1.69. The zero-order chi connectivity index (χ0) is 12.8. The molecule has 0 spiro atoms. The molecular weight excluding hydrogens is 224 g/mol. The molecular formula is C15H24N2O. The van der Waals surface area contributed by atoms with Gasteiger partial charge in [-0.3, -0.25) is 0 Å². The summed E-state index contributed by atoms with van der Waals surface area (Å²) in [5.74, 6) is 1.91. The maximum atomic E-state index is 9.66. The second kappa shape index (κ2) is 6.76. The maximum Gasteiger partial charge on any atom is 0.120 e. The maximum absolute atomic E-state index is 9.66. The van der Waals surface area contributed by atoms with Gasteiger partial charge >= 0.3 is 0 Å². The summed E-state index contributed by atoms with van der Waals surface area (Å²) in [5, 5.41) is 13.1. The molecule has 0 radical (unpaired) electrons. The molecule has 1 aliphatic carbocycles. The normalized spacial score (nSPS) is 24.1. The van der Waals surface area contributed by atoms with Crippen LogP contribution in [0.25, 0.3) is 0 Å². The van der Waals surface area contributed by atoms with Crippen molar-refractivity contribution >= 4 is 0 Å². The number of benzene rings is 1. The van der Waals surface area contributed by atoms with Crippen LogP contribution in [0.3, 0.4) is 0 Å². The highest BCUT2D eigenvalue weighted by atomic mass is 16.3.